The fourth-order valence-electron chi connectivity index (χ4n) is 3.70. The van der Waals surface area contributed by atoms with Gasteiger partial charge in [-0.05, 0) is 85.4 Å². The Kier molecular flexibility index (Phi) is 7.67. The molecule has 0 atom stereocenters. The molecule has 0 aromatic heterocycles. The highest BCUT2D eigenvalue weighted by molar-refractivity contribution is 7.80. The molecule has 0 aliphatic heterocycles. The molecule has 0 bridgehead atoms. The Morgan fingerprint density at radius 1 is 0.848 bits per heavy atom. The molecule has 0 saturated carbocycles. The highest BCUT2D eigenvalue weighted by Crippen LogP contribution is 2.42. The number of rotatable bonds is 4. The van der Waals surface area contributed by atoms with Gasteiger partial charge < -0.3 is 10.1 Å². The van der Waals surface area contributed by atoms with Crippen LogP contribution in [0.15, 0.2) is 48.5 Å². The Morgan fingerprint density at radius 3 is 2.21 bits per heavy atom. The molecule has 3 aromatic carbocycles. The predicted octanol–water partition coefficient (Wildman–Crippen LogP) is 8.10. The highest BCUT2D eigenvalue weighted by atomic mass is 35.5. The van der Waals surface area contributed by atoms with E-state index in [9.17, 15) is 4.79 Å². The normalized spacial score (nSPS) is 12.6. The Bertz CT molecular complexity index is 1230. The van der Waals surface area contributed by atoms with Crippen LogP contribution in [0.5, 0.6) is 11.5 Å². The molecule has 33 heavy (non-hydrogen) atoms. The predicted molar refractivity (Wildman–Crippen MR) is 140 cm³/mol. The van der Waals surface area contributed by atoms with Crippen molar-refractivity contribution in [1.82, 2.24) is 5.32 Å². The van der Waals surface area contributed by atoms with Crippen LogP contribution in [0.1, 0.15) is 34.3 Å². The fraction of sp³-hybridized carbons (Fsp3) is 0.167. The maximum atomic E-state index is 12.4. The molecule has 0 fully saturated rings. The standard InChI is InChI=1S/C24H18Cl4N2O2S/c25-17-8-4-3-7-16(17)23(31)30-24(33)29-13-11-19(27)22(20(28)12-13)32-21-10-9-18(26)14-5-1-2-6-15(14)21/h3-4,7-12H,1-2,5-6H2,(H2,29,30,31,33). The third-order valence-electron chi connectivity index (χ3n) is 5.25. The van der Waals surface area contributed by atoms with E-state index in [0.717, 1.165) is 41.8 Å². The molecular formula is C24H18Cl4N2O2S. The lowest BCUT2D eigenvalue weighted by atomic mass is 9.91. The van der Waals surface area contributed by atoms with Crippen molar-refractivity contribution in [3.63, 3.8) is 0 Å². The summed E-state index contributed by atoms with van der Waals surface area (Å²) >= 11 is 30.6. The van der Waals surface area contributed by atoms with Gasteiger partial charge in [0.05, 0.1) is 20.6 Å². The lowest BCUT2D eigenvalue weighted by molar-refractivity contribution is 0.0978. The minimum absolute atomic E-state index is 0.0764. The van der Waals surface area contributed by atoms with Gasteiger partial charge in [-0.1, -0.05) is 58.5 Å². The summed E-state index contributed by atoms with van der Waals surface area (Å²) in [5.41, 5.74) is 3.02. The number of anilines is 1. The average Bonchev–Trinajstić information content (AvgIpc) is 2.78. The minimum atomic E-state index is -0.428. The zero-order valence-corrected chi connectivity index (χ0v) is 21.0. The first kappa shape index (κ1) is 24.1. The zero-order chi connectivity index (χ0) is 23.5. The molecule has 1 aliphatic rings. The Balaban J connectivity index is 1.49. The third kappa shape index (κ3) is 5.56. The van der Waals surface area contributed by atoms with E-state index in [2.05, 4.69) is 10.6 Å². The lowest BCUT2D eigenvalue weighted by Crippen LogP contribution is -2.34. The maximum Gasteiger partial charge on any atom is 0.258 e. The molecule has 0 unspecified atom stereocenters. The Morgan fingerprint density at radius 2 is 1.52 bits per heavy atom. The molecule has 0 saturated heterocycles. The van der Waals surface area contributed by atoms with Crippen molar-refractivity contribution in [2.45, 2.75) is 25.7 Å². The molecule has 0 radical (unpaired) electrons. The van der Waals surface area contributed by atoms with E-state index in [-0.39, 0.29) is 5.11 Å². The molecule has 1 amide bonds. The number of hydrogen-bond acceptors (Lipinski definition) is 3. The van der Waals surface area contributed by atoms with Gasteiger partial charge in [0.2, 0.25) is 0 Å². The summed E-state index contributed by atoms with van der Waals surface area (Å²) in [4.78, 5) is 12.4. The van der Waals surface area contributed by atoms with Crippen molar-refractivity contribution in [3.8, 4) is 11.5 Å². The van der Waals surface area contributed by atoms with Gasteiger partial charge in [0, 0.05) is 10.7 Å². The van der Waals surface area contributed by atoms with E-state index < -0.39 is 5.91 Å². The molecule has 0 spiro atoms. The van der Waals surface area contributed by atoms with E-state index in [1.54, 1.807) is 36.4 Å². The first-order valence-corrected chi connectivity index (χ1v) is 12.1. The van der Waals surface area contributed by atoms with Crippen LogP contribution < -0.4 is 15.4 Å². The number of nitrogens with one attached hydrogen (secondary N) is 2. The van der Waals surface area contributed by atoms with Crippen LogP contribution >= 0.6 is 58.6 Å². The van der Waals surface area contributed by atoms with Gasteiger partial charge in [-0.15, -0.1) is 0 Å². The summed E-state index contributed by atoms with van der Waals surface area (Å²) < 4.78 is 6.12. The summed E-state index contributed by atoms with van der Waals surface area (Å²) in [5.74, 6) is 0.605. The molecule has 1 aliphatic carbocycles. The van der Waals surface area contributed by atoms with Crippen LogP contribution in [0.25, 0.3) is 0 Å². The van der Waals surface area contributed by atoms with E-state index >= 15 is 0 Å². The summed E-state index contributed by atoms with van der Waals surface area (Å²) in [6.45, 7) is 0. The monoisotopic (exact) mass is 538 g/mol. The SMILES string of the molecule is O=C(NC(=S)Nc1cc(Cl)c(Oc2ccc(Cl)c3c2CCCC3)c(Cl)c1)c1ccccc1Cl. The molecule has 9 heteroatoms. The van der Waals surface area contributed by atoms with Crippen molar-refractivity contribution in [3.05, 3.63) is 85.3 Å². The average molecular weight is 540 g/mol. The summed E-state index contributed by atoms with van der Waals surface area (Å²) in [6, 6.07) is 13.6. The number of carbonyl (C=O) groups excluding carboxylic acids is 1. The number of benzene rings is 3. The number of halogens is 4. The lowest BCUT2D eigenvalue weighted by Gasteiger charge is -2.21. The van der Waals surface area contributed by atoms with Crippen molar-refractivity contribution < 1.29 is 9.53 Å². The van der Waals surface area contributed by atoms with Crippen LogP contribution in [0.4, 0.5) is 5.69 Å². The molecule has 4 rings (SSSR count). The molecule has 2 N–H and O–H groups in total. The summed E-state index contributed by atoms with van der Waals surface area (Å²) in [7, 11) is 0. The minimum Gasteiger partial charge on any atom is -0.454 e. The number of ether oxygens (including phenoxy) is 1. The maximum absolute atomic E-state index is 12.4. The van der Waals surface area contributed by atoms with Crippen molar-refractivity contribution in [2.24, 2.45) is 0 Å². The summed E-state index contributed by atoms with van der Waals surface area (Å²) in [5, 5.41) is 7.24. The van der Waals surface area contributed by atoms with Crippen LogP contribution in [0.2, 0.25) is 20.1 Å². The first-order valence-electron chi connectivity index (χ1n) is 10.2. The third-order valence-corrected chi connectivity index (χ3v) is 6.70. The molecule has 170 valence electrons. The molecule has 4 nitrogen and oxygen atoms in total. The van der Waals surface area contributed by atoms with Gasteiger partial charge in [0.25, 0.3) is 5.91 Å². The van der Waals surface area contributed by atoms with E-state index in [0.29, 0.717) is 37.8 Å². The Hall–Kier alpha value is -2.02. The molecule has 3 aromatic rings. The number of thiocarbonyl (C=S) groups is 1. The second-order valence-corrected chi connectivity index (χ2v) is 9.51. The van der Waals surface area contributed by atoms with Gasteiger partial charge in [0.15, 0.2) is 10.9 Å². The van der Waals surface area contributed by atoms with Crippen molar-refractivity contribution in [2.75, 3.05) is 5.32 Å². The smallest absolute Gasteiger partial charge is 0.258 e. The van der Waals surface area contributed by atoms with Gasteiger partial charge in [-0.25, -0.2) is 0 Å². The van der Waals surface area contributed by atoms with Crippen LogP contribution in [0, 0.1) is 0 Å². The van der Waals surface area contributed by atoms with Gasteiger partial charge in [-0.2, -0.15) is 0 Å². The van der Waals surface area contributed by atoms with E-state index in [4.69, 9.17) is 63.4 Å². The summed E-state index contributed by atoms with van der Waals surface area (Å²) in [6.07, 6.45) is 3.99. The van der Waals surface area contributed by atoms with Crippen molar-refractivity contribution >= 4 is 75.3 Å². The highest BCUT2D eigenvalue weighted by Gasteiger charge is 2.20. The fourth-order valence-corrected chi connectivity index (χ4v) is 4.97. The Labute approximate surface area is 217 Å². The van der Waals surface area contributed by atoms with Gasteiger partial charge >= 0.3 is 0 Å². The first-order chi connectivity index (χ1) is 15.8. The van der Waals surface area contributed by atoms with Crippen LogP contribution in [0.3, 0.4) is 0 Å². The zero-order valence-electron chi connectivity index (χ0n) is 17.2. The van der Waals surface area contributed by atoms with Crippen molar-refractivity contribution in [1.29, 1.82) is 0 Å². The quantitative estimate of drug-likeness (QED) is 0.329. The van der Waals surface area contributed by atoms with Crippen LogP contribution in [-0.2, 0) is 12.8 Å². The number of amides is 1. The second-order valence-electron chi connectivity index (χ2n) is 7.47. The largest absolute Gasteiger partial charge is 0.454 e. The second kappa shape index (κ2) is 10.5. The topological polar surface area (TPSA) is 50.4 Å². The number of hydrogen-bond donors (Lipinski definition) is 2. The molecule has 0 heterocycles. The van der Waals surface area contributed by atoms with E-state index in [1.165, 1.54) is 0 Å². The van der Waals surface area contributed by atoms with Gasteiger partial charge in [0.1, 0.15) is 5.75 Å². The number of fused-ring (bicyclic) bond motifs is 1. The molecular weight excluding hydrogens is 522 g/mol. The number of carbonyl (C=O) groups is 1. The van der Waals surface area contributed by atoms with E-state index in [1.807, 2.05) is 12.1 Å². The van der Waals surface area contributed by atoms with Gasteiger partial charge in [-0.3, -0.25) is 10.1 Å². The van der Waals surface area contributed by atoms with Crippen LogP contribution in [-0.4, -0.2) is 11.0 Å².